The maximum absolute atomic E-state index is 12.8. The van der Waals surface area contributed by atoms with Crippen LogP contribution < -0.4 is 17.1 Å². The summed E-state index contributed by atoms with van der Waals surface area (Å²) in [4.78, 5) is 71.9. The predicted octanol–water partition coefficient (Wildman–Crippen LogP) is -2.22. The zero-order valence-electron chi connectivity index (χ0n) is 15.2. The topological polar surface area (TPSA) is 173 Å². The van der Waals surface area contributed by atoms with E-state index < -0.39 is 53.8 Å². The quantitative estimate of drug-likeness (QED) is 0.353. The molecule has 0 amide bonds. The summed E-state index contributed by atoms with van der Waals surface area (Å²) in [6.45, 7) is -1.72. The highest BCUT2D eigenvalue weighted by molar-refractivity contribution is 5.62. The van der Waals surface area contributed by atoms with Crippen LogP contribution in [0.15, 0.2) is 14.4 Å². The molecule has 0 saturated carbocycles. The highest BCUT2D eigenvalue weighted by atomic mass is 16.8. The lowest BCUT2D eigenvalue weighted by Crippen LogP contribution is -2.57. The first kappa shape index (κ1) is 19.5. The highest BCUT2D eigenvalue weighted by Gasteiger charge is 2.32. The number of hydrogen-bond acceptors (Lipinski definition) is 12. The van der Waals surface area contributed by atoms with Crippen LogP contribution in [0.2, 0.25) is 0 Å². The zero-order chi connectivity index (χ0) is 21.4. The number of aromatic nitrogens is 3. The van der Waals surface area contributed by atoms with Crippen LogP contribution in [0.25, 0.3) is 0 Å². The van der Waals surface area contributed by atoms with Crippen molar-refractivity contribution in [3.8, 4) is 0 Å². The fraction of sp³-hybridized carbons (Fsp3) is 0.600. The third-order valence-corrected chi connectivity index (χ3v) is 4.49. The molecule has 30 heavy (non-hydrogen) atoms. The Labute approximate surface area is 165 Å². The van der Waals surface area contributed by atoms with Gasteiger partial charge in [0.15, 0.2) is 18.3 Å². The van der Waals surface area contributed by atoms with Gasteiger partial charge in [0.05, 0.1) is 19.6 Å². The minimum Gasteiger partial charge on any atom is -0.430 e. The van der Waals surface area contributed by atoms with E-state index >= 15 is 0 Å². The number of nitrogens with zero attached hydrogens (tertiary/aromatic N) is 3. The maximum atomic E-state index is 12.8. The number of carbonyl (C=O) groups is 3. The molecule has 0 radical (unpaired) electrons. The molecule has 0 aromatic carbocycles. The van der Waals surface area contributed by atoms with Gasteiger partial charge in [-0.25, -0.2) is 42.5 Å². The van der Waals surface area contributed by atoms with Crippen molar-refractivity contribution in [3.63, 3.8) is 0 Å². The second-order valence-corrected chi connectivity index (χ2v) is 6.58. The van der Waals surface area contributed by atoms with E-state index in [1.165, 1.54) is 0 Å². The van der Waals surface area contributed by atoms with Gasteiger partial charge in [0, 0.05) is 0 Å². The van der Waals surface area contributed by atoms with Gasteiger partial charge in [-0.3, -0.25) is 0 Å². The summed E-state index contributed by atoms with van der Waals surface area (Å²) in [5, 5.41) is 0. The monoisotopic (exact) mass is 429 g/mol. The zero-order valence-corrected chi connectivity index (χ0v) is 15.2. The minimum absolute atomic E-state index is 0.188. The molecule has 0 aliphatic carbocycles. The van der Waals surface area contributed by atoms with Crippen molar-refractivity contribution in [3.05, 3.63) is 31.5 Å². The van der Waals surface area contributed by atoms with Crippen LogP contribution in [-0.4, -0.2) is 70.3 Å². The van der Waals surface area contributed by atoms with Gasteiger partial charge in [-0.1, -0.05) is 0 Å². The van der Waals surface area contributed by atoms with Crippen LogP contribution >= 0.6 is 0 Å². The van der Waals surface area contributed by atoms with Crippen molar-refractivity contribution in [2.24, 2.45) is 0 Å². The molecular weight excluding hydrogens is 414 g/mol. The molecule has 162 valence electrons. The van der Waals surface area contributed by atoms with Gasteiger partial charge in [0.25, 0.3) is 0 Å². The smallest absolute Gasteiger partial charge is 0.430 e. The molecule has 3 aliphatic heterocycles. The molecule has 4 heterocycles. The third-order valence-electron chi connectivity index (χ3n) is 4.49. The first-order valence-electron chi connectivity index (χ1n) is 8.76. The maximum Gasteiger partial charge on any atom is 0.508 e. The van der Waals surface area contributed by atoms with Crippen molar-refractivity contribution in [1.82, 2.24) is 13.7 Å². The second-order valence-electron chi connectivity index (χ2n) is 6.58. The summed E-state index contributed by atoms with van der Waals surface area (Å²) in [6, 6.07) is 0. The van der Waals surface area contributed by atoms with Crippen LogP contribution in [0.1, 0.15) is 0 Å². The predicted molar refractivity (Wildman–Crippen MR) is 87.9 cm³/mol. The van der Waals surface area contributed by atoms with Gasteiger partial charge in [0.1, 0.15) is 19.8 Å². The standard InChI is InChI=1S/C15H15N3O12/c19-10-16(1-7-4-25-13(22)28-7)11(20)18(3-9-6-27-15(24)30-9)12(21)17(10)2-8-5-26-14(23)29-8/h7-9H,1-6H2/t7-,8?,9?/m0/s1. The summed E-state index contributed by atoms with van der Waals surface area (Å²) in [7, 11) is 0. The third kappa shape index (κ3) is 3.72. The SMILES string of the molecule is O=C1OCC(Cn2c(=O)n(CC3COC(=O)O3)c(=O)n(C[C@H]3COC(=O)O3)c2=O)O1. The molecule has 15 nitrogen and oxygen atoms in total. The molecule has 3 aliphatic rings. The first-order valence-corrected chi connectivity index (χ1v) is 8.76. The lowest BCUT2D eigenvalue weighted by Gasteiger charge is -2.17. The van der Waals surface area contributed by atoms with Crippen LogP contribution in [0, 0.1) is 0 Å². The fourth-order valence-electron chi connectivity index (χ4n) is 3.13. The van der Waals surface area contributed by atoms with Gasteiger partial charge >= 0.3 is 35.5 Å². The molecule has 1 aromatic heterocycles. The lowest BCUT2D eigenvalue weighted by atomic mass is 10.3. The lowest BCUT2D eigenvalue weighted by molar-refractivity contribution is 0.108. The van der Waals surface area contributed by atoms with Crippen molar-refractivity contribution < 1.29 is 42.8 Å². The molecule has 0 bridgehead atoms. The molecule has 1 aromatic rings. The average Bonchev–Trinajstić information content (AvgIpc) is 3.42. The Morgan fingerprint density at radius 2 is 0.800 bits per heavy atom. The average molecular weight is 429 g/mol. The number of cyclic esters (lactones) is 6. The first-order chi connectivity index (χ1) is 14.3. The van der Waals surface area contributed by atoms with Gasteiger partial charge < -0.3 is 28.4 Å². The summed E-state index contributed by atoms with van der Waals surface area (Å²) in [5.41, 5.74) is -3.02. The molecule has 3 fully saturated rings. The minimum atomic E-state index is -1.01. The van der Waals surface area contributed by atoms with Gasteiger partial charge in [-0.05, 0) is 0 Å². The Morgan fingerprint density at radius 1 is 0.533 bits per heavy atom. The molecule has 3 atom stereocenters. The van der Waals surface area contributed by atoms with E-state index in [9.17, 15) is 28.8 Å². The van der Waals surface area contributed by atoms with E-state index in [-0.39, 0.29) is 39.5 Å². The number of carbonyl (C=O) groups excluding carboxylic acids is 3. The molecule has 2 unspecified atom stereocenters. The Morgan fingerprint density at radius 3 is 1.00 bits per heavy atom. The highest BCUT2D eigenvalue weighted by Crippen LogP contribution is 2.09. The van der Waals surface area contributed by atoms with E-state index in [4.69, 9.17) is 14.2 Å². The van der Waals surface area contributed by atoms with E-state index in [1.807, 2.05) is 0 Å². The van der Waals surface area contributed by atoms with Crippen LogP contribution in [0.5, 0.6) is 0 Å². The number of rotatable bonds is 6. The number of ether oxygens (including phenoxy) is 6. The van der Waals surface area contributed by atoms with Crippen LogP contribution in [0.4, 0.5) is 14.4 Å². The van der Waals surface area contributed by atoms with Gasteiger partial charge in [-0.15, -0.1) is 0 Å². The van der Waals surface area contributed by atoms with Crippen molar-refractivity contribution in [2.75, 3.05) is 19.8 Å². The Balaban J connectivity index is 1.71. The van der Waals surface area contributed by atoms with E-state index in [1.54, 1.807) is 0 Å². The Bertz CT molecular complexity index is 905. The second kappa shape index (κ2) is 7.57. The van der Waals surface area contributed by atoms with Gasteiger partial charge in [-0.2, -0.15) is 0 Å². The van der Waals surface area contributed by atoms with Gasteiger partial charge in [0.2, 0.25) is 0 Å². The molecule has 3 saturated heterocycles. The molecular formula is C15H15N3O12. The van der Waals surface area contributed by atoms with Crippen LogP contribution in [-0.2, 0) is 48.1 Å². The normalized spacial score (nSPS) is 25.2. The Kier molecular flexibility index (Phi) is 4.93. The largest absolute Gasteiger partial charge is 0.508 e. The van der Waals surface area contributed by atoms with E-state index in [2.05, 4.69) is 14.2 Å². The molecule has 4 rings (SSSR count). The summed E-state index contributed by atoms with van der Waals surface area (Å²) >= 11 is 0. The van der Waals surface area contributed by atoms with Crippen molar-refractivity contribution in [2.45, 2.75) is 37.9 Å². The van der Waals surface area contributed by atoms with Crippen molar-refractivity contribution >= 4 is 18.5 Å². The fourth-order valence-corrected chi connectivity index (χ4v) is 3.13. The van der Waals surface area contributed by atoms with E-state index in [0.717, 1.165) is 0 Å². The molecule has 0 N–H and O–H groups in total. The van der Waals surface area contributed by atoms with E-state index in [0.29, 0.717) is 13.7 Å². The molecule has 15 heteroatoms. The van der Waals surface area contributed by atoms with Crippen molar-refractivity contribution in [1.29, 1.82) is 0 Å². The molecule has 0 spiro atoms. The summed E-state index contributed by atoms with van der Waals surface area (Å²) in [6.07, 6.45) is -5.64. The summed E-state index contributed by atoms with van der Waals surface area (Å²) < 4.78 is 30.5. The van der Waals surface area contributed by atoms with Crippen LogP contribution in [0.3, 0.4) is 0 Å². The number of hydrogen-bond donors (Lipinski definition) is 0. The Hall–Kier alpha value is -3.78. The summed E-state index contributed by atoms with van der Waals surface area (Å²) in [5.74, 6) is 0.